The Hall–Kier alpha value is 0.870. The number of hydrogen-bond donors (Lipinski definition) is 1. The number of unbranched alkanes of at least 4 members (excludes halogenated alkanes) is 11. The fraction of sp³-hybridized carbons (Fsp3) is 1.00. The van der Waals surface area contributed by atoms with Crippen molar-refractivity contribution in [3.05, 3.63) is 0 Å². The van der Waals surface area contributed by atoms with E-state index in [9.17, 15) is 13.0 Å². The molecule has 0 aliphatic heterocycles. The van der Waals surface area contributed by atoms with Crippen LogP contribution in [0.2, 0.25) is 0 Å². The van der Waals surface area contributed by atoms with Crippen LogP contribution in [0.3, 0.4) is 0 Å². The molecule has 0 rings (SSSR count). The molecule has 0 aliphatic carbocycles. The second kappa shape index (κ2) is 15.2. The Bertz CT molecular complexity index is 360. The Morgan fingerprint density at radius 2 is 1.17 bits per heavy atom. The zero-order valence-corrected chi connectivity index (χ0v) is 18.3. The van der Waals surface area contributed by atoms with Crippen LogP contribution in [0, 0.1) is 0 Å². The number of aliphatic hydroxyl groups excluding tert-OH is 1. The molecule has 1 atom stereocenters. The number of aliphatic hydroxyl groups is 1. The topological polar surface area (TPSA) is 77.4 Å². The van der Waals surface area contributed by atoms with Crippen molar-refractivity contribution in [3.63, 3.8) is 0 Å². The Labute approximate surface area is 165 Å². The van der Waals surface area contributed by atoms with E-state index in [1.807, 2.05) is 0 Å². The summed E-state index contributed by atoms with van der Waals surface area (Å²) in [5, 5.41) is 9.12. The van der Waals surface area contributed by atoms with Gasteiger partial charge >= 0.3 is 29.6 Å². The SMILES string of the molecule is CCCCCCCCCCCCCCC(C)(CO)S(=O)(=O)[O-].[Na+]. The molecular weight excluding hydrogens is 323 g/mol. The summed E-state index contributed by atoms with van der Waals surface area (Å²) in [5.74, 6) is 0. The minimum Gasteiger partial charge on any atom is -0.747 e. The maximum atomic E-state index is 11.1. The van der Waals surface area contributed by atoms with Crippen LogP contribution >= 0.6 is 0 Å². The molecular formula is C17H35NaO4S. The first-order valence-corrected chi connectivity index (χ1v) is 10.3. The van der Waals surface area contributed by atoms with E-state index >= 15 is 0 Å². The Morgan fingerprint density at radius 3 is 1.48 bits per heavy atom. The molecule has 23 heavy (non-hydrogen) atoms. The molecule has 0 aromatic carbocycles. The van der Waals surface area contributed by atoms with E-state index in [0.29, 0.717) is 6.42 Å². The average Bonchev–Trinajstić information content (AvgIpc) is 2.47. The molecule has 0 aromatic rings. The van der Waals surface area contributed by atoms with Gasteiger partial charge in [0, 0.05) is 0 Å². The van der Waals surface area contributed by atoms with Gasteiger partial charge in [-0.25, -0.2) is 8.42 Å². The molecule has 0 aromatic heterocycles. The molecule has 0 aliphatic rings. The van der Waals surface area contributed by atoms with Crippen LogP contribution in [0.25, 0.3) is 0 Å². The Kier molecular flexibility index (Phi) is 17.2. The van der Waals surface area contributed by atoms with Crippen LogP contribution in [0.5, 0.6) is 0 Å². The quantitative estimate of drug-likeness (QED) is 0.272. The van der Waals surface area contributed by atoms with E-state index in [1.54, 1.807) is 0 Å². The Morgan fingerprint density at radius 1 is 0.826 bits per heavy atom. The molecule has 0 saturated heterocycles. The fourth-order valence-corrected chi connectivity index (χ4v) is 3.18. The number of rotatable bonds is 15. The monoisotopic (exact) mass is 358 g/mol. The fourth-order valence-electron chi connectivity index (χ4n) is 2.62. The second-order valence-corrected chi connectivity index (χ2v) is 8.60. The minimum absolute atomic E-state index is 0. The molecule has 1 N–H and O–H groups in total. The predicted octanol–water partition coefficient (Wildman–Crippen LogP) is 1.38. The van der Waals surface area contributed by atoms with E-state index in [1.165, 1.54) is 64.7 Å². The van der Waals surface area contributed by atoms with Crippen molar-refractivity contribution in [3.8, 4) is 0 Å². The van der Waals surface area contributed by atoms with E-state index in [2.05, 4.69) is 6.92 Å². The maximum Gasteiger partial charge on any atom is 1.00 e. The second-order valence-electron chi connectivity index (χ2n) is 6.70. The molecule has 0 saturated carbocycles. The summed E-state index contributed by atoms with van der Waals surface area (Å²) in [6.45, 7) is 2.99. The summed E-state index contributed by atoms with van der Waals surface area (Å²) in [4.78, 5) is 0. The molecule has 6 heteroatoms. The van der Waals surface area contributed by atoms with Gasteiger partial charge in [0.15, 0.2) is 0 Å². The van der Waals surface area contributed by atoms with Gasteiger partial charge < -0.3 is 9.66 Å². The minimum atomic E-state index is -4.43. The van der Waals surface area contributed by atoms with Gasteiger partial charge in [-0.15, -0.1) is 0 Å². The van der Waals surface area contributed by atoms with Crippen molar-refractivity contribution >= 4 is 10.1 Å². The average molecular weight is 359 g/mol. The van der Waals surface area contributed by atoms with Crippen molar-refractivity contribution in [2.45, 2.75) is 102 Å². The van der Waals surface area contributed by atoms with Crippen molar-refractivity contribution < 1.29 is 47.6 Å². The normalized spacial score (nSPS) is 14.3. The molecule has 0 radical (unpaired) electrons. The van der Waals surface area contributed by atoms with Crippen LogP contribution in [-0.4, -0.2) is 29.4 Å². The third-order valence-corrected chi connectivity index (χ3v) is 6.04. The molecule has 1 unspecified atom stereocenters. The zero-order valence-electron chi connectivity index (χ0n) is 15.5. The van der Waals surface area contributed by atoms with E-state index in [0.717, 1.165) is 12.8 Å². The van der Waals surface area contributed by atoms with Crippen LogP contribution in [-0.2, 0) is 10.1 Å². The van der Waals surface area contributed by atoms with Crippen LogP contribution in [0.1, 0.15) is 97.3 Å². The summed E-state index contributed by atoms with van der Waals surface area (Å²) in [6, 6.07) is 0. The van der Waals surface area contributed by atoms with Gasteiger partial charge in [-0.1, -0.05) is 84.0 Å². The van der Waals surface area contributed by atoms with Gasteiger partial charge in [0.2, 0.25) is 0 Å². The first-order valence-electron chi connectivity index (χ1n) is 8.93. The Balaban J connectivity index is 0. The van der Waals surface area contributed by atoms with Gasteiger partial charge in [0.25, 0.3) is 0 Å². The van der Waals surface area contributed by atoms with E-state index in [4.69, 9.17) is 5.11 Å². The third-order valence-electron chi connectivity index (χ3n) is 4.50. The molecule has 0 fully saturated rings. The molecule has 0 bridgehead atoms. The summed E-state index contributed by atoms with van der Waals surface area (Å²) >= 11 is 0. The van der Waals surface area contributed by atoms with Gasteiger partial charge in [-0.05, 0) is 13.3 Å². The van der Waals surface area contributed by atoms with Gasteiger partial charge in [0.05, 0.1) is 11.4 Å². The summed E-state index contributed by atoms with van der Waals surface area (Å²) in [6.07, 6.45) is 14.7. The van der Waals surface area contributed by atoms with Crippen LogP contribution in [0.4, 0.5) is 0 Å². The molecule has 0 heterocycles. The molecule has 134 valence electrons. The van der Waals surface area contributed by atoms with Crippen molar-refractivity contribution in [2.24, 2.45) is 0 Å². The molecule has 0 spiro atoms. The molecule has 0 amide bonds. The summed E-state index contributed by atoms with van der Waals surface area (Å²) < 4.78 is 31.8. The van der Waals surface area contributed by atoms with Gasteiger partial charge in [-0.3, -0.25) is 0 Å². The van der Waals surface area contributed by atoms with E-state index < -0.39 is 21.5 Å². The van der Waals surface area contributed by atoms with Crippen molar-refractivity contribution in [1.29, 1.82) is 0 Å². The first-order chi connectivity index (χ1) is 10.4. The van der Waals surface area contributed by atoms with Gasteiger partial charge in [0.1, 0.15) is 10.1 Å². The van der Waals surface area contributed by atoms with Crippen molar-refractivity contribution in [1.82, 2.24) is 0 Å². The smallest absolute Gasteiger partial charge is 0.747 e. The standard InChI is InChI=1S/C17H36O4S.Na/c1-3-4-5-6-7-8-9-10-11-12-13-14-15-17(2,16-18)22(19,20)21;/h18H,3-16H2,1-2H3,(H,19,20,21);/q;+1/p-1. The molecule has 4 nitrogen and oxygen atoms in total. The van der Waals surface area contributed by atoms with E-state index in [-0.39, 0.29) is 36.0 Å². The summed E-state index contributed by atoms with van der Waals surface area (Å²) in [7, 11) is -4.43. The van der Waals surface area contributed by atoms with Crippen LogP contribution < -0.4 is 29.6 Å². The van der Waals surface area contributed by atoms with Crippen LogP contribution in [0.15, 0.2) is 0 Å². The first kappa shape index (κ1) is 26.1. The number of hydrogen-bond acceptors (Lipinski definition) is 4. The van der Waals surface area contributed by atoms with Crippen molar-refractivity contribution in [2.75, 3.05) is 6.61 Å². The zero-order chi connectivity index (χ0) is 16.9. The van der Waals surface area contributed by atoms with Gasteiger partial charge in [-0.2, -0.15) is 0 Å². The summed E-state index contributed by atoms with van der Waals surface area (Å²) in [5.41, 5.74) is 0. The maximum absolute atomic E-state index is 11.1. The predicted molar refractivity (Wildman–Crippen MR) is 90.9 cm³/mol. The third kappa shape index (κ3) is 12.8. The largest absolute Gasteiger partial charge is 1.00 e.